The van der Waals surface area contributed by atoms with Gasteiger partial charge in [-0.05, 0) is 105 Å². The third kappa shape index (κ3) is 6.88. The first-order valence-corrected chi connectivity index (χ1v) is 14.1. The summed E-state index contributed by atoms with van der Waals surface area (Å²) in [6.07, 6.45) is 1.88. The lowest BCUT2D eigenvalue weighted by molar-refractivity contribution is -0.143. The summed E-state index contributed by atoms with van der Waals surface area (Å²) in [5.41, 5.74) is 7.49. The molecule has 0 radical (unpaired) electrons. The number of fused-ring (bicyclic) bond motifs is 1. The fourth-order valence-electron chi connectivity index (χ4n) is 4.80. The third-order valence-electron chi connectivity index (χ3n) is 7.29. The van der Waals surface area contributed by atoms with Crippen molar-refractivity contribution in [3.8, 4) is 33.8 Å². The van der Waals surface area contributed by atoms with E-state index in [4.69, 9.17) is 14.2 Å². The summed E-state index contributed by atoms with van der Waals surface area (Å²) in [6, 6.07) is 17.9. The molecule has 0 saturated carbocycles. The van der Waals surface area contributed by atoms with Crippen molar-refractivity contribution < 1.29 is 28.6 Å². The van der Waals surface area contributed by atoms with E-state index < -0.39 is 17.4 Å². The van der Waals surface area contributed by atoms with E-state index in [0.717, 1.165) is 40.7 Å². The maximum Gasteiger partial charge on any atom is 0.338 e. The maximum atomic E-state index is 12.7. The SMILES string of the molecule is C=C(C)C(=O)OCC1CCc2cc(-c3ccc(-c4ccc(OC(=O)C(=C)C)c(OC(=O)C(C)(C)C)c4)cc3C)ccc21. The molecule has 42 heavy (non-hydrogen) atoms. The van der Waals surface area contributed by atoms with Crippen LogP contribution in [0.25, 0.3) is 22.3 Å². The number of benzene rings is 3. The van der Waals surface area contributed by atoms with Crippen LogP contribution in [0.15, 0.2) is 78.9 Å². The van der Waals surface area contributed by atoms with E-state index in [2.05, 4.69) is 50.4 Å². The van der Waals surface area contributed by atoms with Gasteiger partial charge in [0.15, 0.2) is 11.5 Å². The average molecular weight is 567 g/mol. The second-order valence-corrected chi connectivity index (χ2v) is 12.0. The van der Waals surface area contributed by atoms with Gasteiger partial charge in [-0.2, -0.15) is 0 Å². The monoisotopic (exact) mass is 566 g/mol. The number of esters is 3. The van der Waals surface area contributed by atoms with E-state index in [0.29, 0.717) is 12.2 Å². The summed E-state index contributed by atoms with van der Waals surface area (Å²) < 4.78 is 16.6. The molecule has 1 atom stereocenters. The zero-order valence-electron chi connectivity index (χ0n) is 25.3. The molecule has 6 heteroatoms. The van der Waals surface area contributed by atoms with E-state index in [9.17, 15) is 14.4 Å². The molecule has 0 spiro atoms. The van der Waals surface area contributed by atoms with Crippen LogP contribution >= 0.6 is 0 Å². The summed E-state index contributed by atoms with van der Waals surface area (Å²) in [4.78, 5) is 36.7. The molecule has 0 saturated heterocycles. The maximum absolute atomic E-state index is 12.7. The Morgan fingerprint density at radius 3 is 2.10 bits per heavy atom. The van der Waals surface area contributed by atoms with Crippen LogP contribution in [0, 0.1) is 12.3 Å². The van der Waals surface area contributed by atoms with Crippen molar-refractivity contribution in [3.05, 3.63) is 95.6 Å². The molecule has 3 aromatic carbocycles. The lowest BCUT2D eigenvalue weighted by atomic mass is 9.93. The highest BCUT2D eigenvalue weighted by atomic mass is 16.6. The number of hydrogen-bond acceptors (Lipinski definition) is 6. The van der Waals surface area contributed by atoms with Crippen LogP contribution in [-0.2, 0) is 25.5 Å². The van der Waals surface area contributed by atoms with Crippen molar-refractivity contribution >= 4 is 17.9 Å². The Hall–Kier alpha value is -4.45. The number of carbonyl (C=O) groups excluding carboxylic acids is 3. The van der Waals surface area contributed by atoms with E-state index in [1.54, 1.807) is 46.8 Å². The third-order valence-corrected chi connectivity index (χ3v) is 7.29. The Bertz CT molecular complexity index is 1590. The first kappa shape index (κ1) is 30.5. The highest BCUT2D eigenvalue weighted by Gasteiger charge is 2.27. The number of rotatable bonds is 8. The molecule has 0 N–H and O–H groups in total. The Balaban J connectivity index is 1.60. The van der Waals surface area contributed by atoms with Gasteiger partial charge in [0.05, 0.1) is 12.0 Å². The first-order chi connectivity index (χ1) is 19.7. The van der Waals surface area contributed by atoms with Gasteiger partial charge in [0.2, 0.25) is 0 Å². The Morgan fingerprint density at radius 2 is 1.45 bits per heavy atom. The van der Waals surface area contributed by atoms with Gasteiger partial charge in [0, 0.05) is 17.1 Å². The number of hydrogen-bond donors (Lipinski definition) is 0. The predicted octanol–water partition coefficient (Wildman–Crippen LogP) is 7.91. The molecule has 6 nitrogen and oxygen atoms in total. The Morgan fingerprint density at radius 1 is 0.810 bits per heavy atom. The van der Waals surface area contributed by atoms with E-state index in [1.165, 1.54) is 11.1 Å². The lowest BCUT2D eigenvalue weighted by Gasteiger charge is -2.19. The first-order valence-electron chi connectivity index (χ1n) is 14.1. The standard InChI is InChI=1S/C36H38O6/c1-21(2)33(37)40-20-28-10-9-27-18-26(12-15-30(27)28)29-14-11-24(17-23(29)5)25-13-16-31(41-34(38)22(3)4)32(19-25)42-35(39)36(6,7)8/h11-19,28H,1,3,9-10,20H2,2,4-8H3. The van der Waals surface area contributed by atoms with Crippen molar-refractivity contribution in [2.75, 3.05) is 6.61 Å². The van der Waals surface area contributed by atoms with Crippen molar-refractivity contribution in [2.45, 2.75) is 60.3 Å². The molecule has 0 aromatic heterocycles. The normalized spacial score (nSPS) is 14.1. The van der Waals surface area contributed by atoms with Crippen LogP contribution in [0.4, 0.5) is 0 Å². The Kier molecular flexibility index (Phi) is 8.86. The number of ether oxygens (including phenoxy) is 3. The molecule has 0 heterocycles. The Labute approximate surface area is 248 Å². The van der Waals surface area contributed by atoms with Gasteiger partial charge in [0.1, 0.15) is 0 Å². The van der Waals surface area contributed by atoms with Crippen LogP contribution in [0.5, 0.6) is 11.5 Å². The number of carbonyl (C=O) groups is 3. The van der Waals surface area contributed by atoms with Gasteiger partial charge in [-0.15, -0.1) is 0 Å². The second-order valence-electron chi connectivity index (χ2n) is 12.0. The molecule has 1 aliphatic rings. The minimum absolute atomic E-state index is 0.156. The summed E-state index contributed by atoms with van der Waals surface area (Å²) in [5, 5.41) is 0. The van der Waals surface area contributed by atoms with Crippen LogP contribution < -0.4 is 9.47 Å². The summed E-state index contributed by atoms with van der Waals surface area (Å²) in [7, 11) is 0. The van der Waals surface area contributed by atoms with Crippen molar-refractivity contribution in [2.24, 2.45) is 5.41 Å². The minimum atomic E-state index is -0.741. The smallest absolute Gasteiger partial charge is 0.338 e. The zero-order chi connectivity index (χ0) is 30.8. The molecule has 1 aliphatic carbocycles. The van der Waals surface area contributed by atoms with Crippen LogP contribution in [0.1, 0.15) is 63.6 Å². The van der Waals surface area contributed by atoms with E-state index in [-0.39, 0.29) is 29.0 Å². The summed E-state index contributed by atoms with van der Waals surface area (Å²) in [5.74, 6) is -0.858. The van der Waals surface area contributed by atoms with Gasteiger partial charge < -0.3 is 14.2 Å². The van der Waals surface area contributed by atoms with Gasteiger partial charge in [-0.1, -0.05) is 55.6 Å². The van der Waals surface area contributed by atoms with Crippen LogP contribution in [-0.4, -0.2) is 24.5 Å². The fraction of sp³-hybridized carbons (Fsp3) is 0.306. The molecule has 0 fully saturated rings. The molecule has 0 aliphatic heterocycles. The molecule has 218 valence electrons. The van der Waals surface area contributed by atoms with Gasteiger partial charge in [-0.3, -0.25) is 4.79 Å². The largest absolute Gasteiger partial charge is 0.462 e. The number of aryl methyl sites for hydroxylation is 2. The highest BCUT2D eigenvalue weighted by molar-refractivity contribution is 5.90. The van der Waals surface area contributed by atoms with Crippen molar-refractivity contribution in [1.29, 1.82) is 0 Å². The van der Waals surface area contributed by atoms with Crippen LogP contribution in [0.3, 0.4) is 0 Å². The molecule has 4 rings (SSSR count). The molecular weight excluding hydrogens is 528 g/mol. The van der Waals surface area contributed by atoms with E-state index in [1.807, 2.05) is 12.1 Å². The second kappa shape index (κ2) is 12.2. The lowest BCUT2D eigenvalue weighted by Crippen LogP contribution is -2.26. The summed E-state index contributed by atoms with van der Waals surface area (Å²) in [6.45, 7) is 18.2. The molecule has 0 amide bonds. The van der Waals surface area contributed by atoms with Gasteiger partial charge in [-0.25, -0.2) is 9.59 Å². The van der Waals surface area contributed by atoms with Crippen molar-refractivity contribution in [3.63, 3.8) is 0 Å². The molecule has 1 unspecified atom stereocenters. The molecule has 3 aromatic rings. The highest BCUT2D eigenvalue weighted by Crippen LogP contribution is 2.39. The molecular formula is C36H38O6. The predicted molar refractivity (Wildman–Crippen MR) is 164 cm³/mol. The topological polar surface area (TPSA) is 78.9 Å². The van der Waals surface area contributed by atoms with Crippen LogP contribution in [0.2, 0.25) is 0 Å². The van der Waals surface area contributed by atoms with Gasteiger partial charge >= 0.3 is 17.9 Å². The van der Waals surface area contributed by atoms with Gasteiger partial charge in [0.25, 0.3) is 0 Å². The van der Waals surface area contributed by atoms with Crippen molar-refractivity contribution in [1.82, 2.24) is 0 Å². The zero-order valence-corrected chi connectivity index (χ0v) is 25.3. The average Bonchev–Trinajstić information content (AvgIpc) is 3.33. The molecule has 0 bridgehead atoms. The fourth-order valence-corrected chi connectivity index (χ4v) is 4.80. The van der Waals surface area contributed by atoms with E-state index >= 15 is 0 Å². The quantitative estimate of drug-likeness (QED) is 0.157. The summed E-state index contributed by atoms with van der Waals surface area (Å²) >= 11 is 0. The minimum Gasteiger partial charge on any atom is -0.462 e.